The first-order chi connectivity index (χ1) is 14.8. The van der Waals surface area contributed by atoms with Crippen LogP contribution in [0.2, 0.25) is 0 Å². The molecule has 1 heterocycles. The van der Waals surface area contributed by atoms with E-state index in [9.17, 15) is 9.59 Å². The van der Waals surface area contributed by atoms with Gasteiger partial charge in [-0.05, 0) is 41.4 Å². The van der Waals surface area contributed by atoms with Crippen LogP contribution in [0.1, 0.15) is 37.6 Å². The highest BCUT2D eigenvalue weighted by molar-refractivity contribution is 8.13. The lowest BCUT2D eigenvalue weighted by molar-refractivity contribution is -0.116. The Balaban J connectivity index is 1.54. The van der Waals surface area contributed by atoms with Crippen LogP contribution in [0.3, 0.4) is 0 Å². The lowest BCUT2D eigenvalue weighted by atomic mass is 10.0. The number of amides is 2. The Morgan fingerprint density at radius 2 is 1.87 bits per heavy atom. The first kappa shape index (κ1) is 22.6. The fourth-order valence-corrected chi connectivity index (χ4v) is 3.48. The molecule has 0 spiro atoms. The van der Waals surface area contributed by atoms with Crippen LogP contribution in [-0.4, -0.2) is 40.3 Å². The molecule has 1 N–H and O–H groups in total. The minimum absolute atomic E-state index is 0.0745. The van der Waals surface area contributed by atoms with Crippen LogP contribution < -0.4 is 5.32 Å². The summed E-state index contributed by atoms with van der Waals surface area (Å²) < 4.78 is 5.30. The predicted octanol–water partition coefficient (Wildman–Crippen LogP) is 5.21. The number of nitrogens with one attached hydrogen (secondary N) is 1. The molecule has 2 aromatic carbocycles. The van der Waals surface area contributed by atoms with Crippen molar-refractivity contribution in [3.8, 4) is 11.4 Å². The molecule has 162 valence electrons. The molecular formula is C23H26N4O3S. The molecule has 3 aromatic rings. The Bertz CT molecular complexity index is 1040. The highest BCUT2D eigenvalue weighted by Gasteiger charge is 2.12. The zero-order valence-electron chi connectivity index (χ0n) is 18.1. The number of nitrogens with zero attached hydrogens (tertiary/aromatic N) is 3. The second kappa shape index (κ2) is 10.3. The molecule has 0 unspecified atom stereocenters. The zero-order valence-corrected chi connectivity index (χ0v) is 18.9. The smallest absolute Gasteiger partial charge is 0.285 e. The van der Waals surface area contributed by atoms with E-state index in [2.05, 4.69) is 41.4 Å². The maximum atomic E-state index is 12.3. The van der Waals surface area contributed by atoms with E-state index in [-0.39, 0.29) is 17.6 Å². The van der Waals surface area contributed by atoms with Crippen molar-refractivity contribution in [2.24, 2.45) is 0 Å². The average Bonchev–Trinajstić information content (AvgIpc) is 3.21. The van der Waals surface area contributed by atoms with Crippen LogP contribution in [-0.2, 0) is 11.2 Å². The molecule has 0 bridgehead atoms. The quantitative estimate of drug-likeness (QED) is 0.510. The largest absolute Gasteiger partial charge is 0.339 e. The number of anilines is 1. The summed E-state index contributed by atoms with van der Waals surface area (Å²) in [6.45, 7) is 4.29. The first-order valence-electron chi connectivity index (χ1n) is 10.0. The van der Waals surface area contributed by atoms with E-state index in [1.807, 2.05) is 18.2 Å². The van der Waals surface area contributed by atoms with Crippen LogP contribution in [0.15, 0.2) is 57.9 Å². The monoisotopic (exact) mass is 438 g/mol. The fourth-order valence-electron chi connectivity index (χ4n) is 2.76. The van der Waals surface area contributed by atoms with Crippen LogP contribution in [0.5, 0.6) is 0 Å². The third-order valence-electron chi connectivity index (χ3n) is 4.56. The van der Waals surface area contributed by atoms with Crippen LogP contribution in [0.25, 0.3) is 11.4 Å². The van der Waals surface area contributed by atoms with E-state index in [0.29, 0.717) is 29.7 Å². The van der Waals surface area contributed by atoms with Gasteiger partial charge in [0.05, 0.1) is 0 Å². The standard InChI is InChI=1S/C23H26N4O3S/c1-15(2)16-8-10-17(11-9-16)22-25-21(30-26-22)13-12-20(28)24-18-6-5-7-19(14-18)31-23(29)27(3)4/h5-11,14-15H,12-13H2,1-4H3,(H,24,28). The first-order valence-corrected chi connectivity index (χ1v) is 10.9. The van der Waals surface area contributed by atoms with Crippen LogP contribution in [0.4, 0.5) is 10.5 Å². The molecule has 0 radical (unpaired) electrons. The molecule has 0 atom stereocenters. The van der Waals surface area contributed by atoms with Crippen LogP contribution in [0, 0.1) is 0 Å². The number of hydrogen-bond acceptors (Lipinski definition) is 6. The van der Waals surface area contributed by atoms with Crippen molar-refractivity contribution in [1.82, 2.24) is 15.0 Å². The Morgan fingerprint density at radius 1 is 1.13 bits per heavy atom. The van der Waals surface area contributed by atoms with Gasteiger partial charge >= 0.3 is 0 Å². The molecule has 7 nitrogen and oxygen atoms in total. The van der Waals surface area contributed by atoms with Crippen molar-refractivity contribution < 1.29 is 14.1 Å². The third kappa shape index (κ3) is 6.42. The highest BCUT2D eigenvalue weighted by Crippen LogP contribution is 2.24. The number of aromatic nitrogens is 2. The molecule has 8 heteroatoms. The second-order valence-corrected chi connectivity index (χ2v) is 8.65. The summed E-state index contributed by atoms with van der Waals surface area (Å²) in [7, 11) is 3.40. The fraction of sp³-hybridized carbons (Fsp3) is 0.304. The number of carbonyl (C=O) groups excluding carboxylic acids is 2. The number of benzene rings is 2. The van der Waals surface area contributed by atoms with Crippen LogP contribution >= 0.6 is 11.8 Å². The Hall–Kier alpha value is -3.13. The summed E-state index contributed by atoms with van der Waals surface area (Å²) in [4.78, 5) is 30.8. The molecule has 0 aliphatic heterocycles. The van der Waals surface area contributed by atoms with Gasteiger partial charge in [0, 0.05) is 43.1 Å². The van der Waals surface area contributed by atoms with Gasteiger partial charge in [0.1, 0.15) is 0 Å². The Morgan fingerprint density at radius 3 is 2.55 bits per heavy atom. The minimum atomic E-state index is -0.165. The van der Waals surface area contributed by atoms with E-state index in [0.717, 1.165) is 22.2 Å². The van der Waals surface area contributed by atoms with Gasteiger partial charge in [-0.3, -0.25) is 9.59 Å². The molecule has 1 aromatic heterocycles. The molecule has 0 fully saturated rings. The van der Waals surface area contributed by atoms with Gasteiger partial charge in [0.25, 0.3) is 5.24 Å². The van der Waals surface area contributed by atoms with Gasteiger partial charge in [-0.2, -0.15) is 4.98 Å². The van der Waals surface area contributed by atoms with Crippen molar-refractivity contribution in [2.75, 3.05) is 19.4 Å². The summed E-state index contributed by atoms with van der Waals surface area (Å²) >= 11 is 1.11. The summed E-state index contributed by atoms with van der Waals surface area (Å²) in [5.41, 5.74) is 2.76. The van der Waals surface area contributed by atoms with Gasteiger partial charge in [0.15, 0.2) is 0 Å². The second-order valence-electron chi connectivity index (χ2n) is 7.63. The average molecular weight is 439 g/mol. The molecule has 0 saturated carbocycles. The van der Waals surface area contributed by atoms with Crippen molar-refractivity contribution in [3.05, 3.63) is 60.0 Å². The molecule has 31 heavy (non-hydrogen) atoms. The number of hydrogen-bond donors (Lipinski definition) is 1. The topological polar surface area (TPSA) is 88.3 Å². The van der Waals surface area contributed by atoms with E-state index in [1.54, 1.807) is 32.3 Å². The number of thioether (sulfide) groups is 1. The SMILES string of the molecule is CC(C)c1ccc(-c2noc(CCC(=O)Nc3cccc(SC(=O)N(C)C)c3)n2)cc1. The highest BCUT2D eigenvalue weighted by atomic mass is 32.2. The summed E-state index contributed by atoms with van der Waals surface area (Å²) in [5, 5.41) is 6.79. The Kier molecular flexibility index (Phi) is 7.46. The summed E-state index contributed by atoms with van der Waals surface area (Å²) in [6.07, 6.45) is 0.554. The predicted molar refractivity (Wildman–Crippen MR) is 122 cm³/mol. The van der Waals surface area contributed by atoms with E-state index < -0.39 is 0 Å². The normalized spacial score (nSPS) is 10.9. The van der Waals surface area contributed by atoms with Crippen molar-refractivity contribution in [2.45, 2.75) is 37.5 Å². The Labute approximate surface area is 186 Å². The number of carbonyl (C=O) groups is 2. The lowest BCUT2D eigenvalue weighted by Gasteiger charge is -2.10. The van der Waals surface area contributed by atoms with Gasteiger partial charge in [-0.1, -0.05) is 49.3 Å². The maximum Gasteiger partial charge on any atom is 0.285 e. The van der Waals surface area contributed by atoms with Gasteiger partial charge in [0.2, 0.25) is 17.6 Å². The molecular weight excluding hydrogens is 412 g/mol. The molecule has 0 aliphatic carbocycles. The molecule has 0 aliphatic rings. The number of aryl methyl sites for hydroxylation is 1. The van der Waals surface area contributed by atoms with Gasteiger partial charge in [-0.25, -0.2) is 0 Å². The zero-order chi connectivity index (χ0) is 22.4. The molecule has 2 amide bonds. The lowest BCUT2D eigenvalue weighted by Crippen LogP contribution is -2.16. The molecule has 3 rings (SSSR count). The van der Waals surface area contributed by atoms with Gasteiger partial charge in [-0.15, -0.1) is 0 Å². The minimum Gasteiger partial charge on any atom is -0.339 e. The van der Waals surface area contributed by atoms with E-state index >= 15 is 0 Å². The van der Waals surface area contributed by atoms with Crippen molar-refractivity contribution in [1.29, 1.82) is 0 Å². The van der Waals surface area contributed by atoms with Gasteiger partial charge < -0.3 is 14.7 Å². The molecule has 0 saturated heterocycles. The van der Waals surface area contributed by atoms with E-state index in [4.69, 9.17) is 4.52 Å². The summed E-state index contributed by atoms with van der Waals surface area (Å²) in [6, 6.07) is 15.3. The van der Waals surface area contributed by atoms with Crippen molar-refractivity contribution >= 4 is 28.6 Å². The summed E-state index contributed by atoms with van der Waals surface area (Å²) in [5.74, 6) is 1.23. The van der Waals surface area contributed by atoms with E-state index in [1.165, 1.54) is 10.5 Å². The maximum absolute atomic E-state index is 12.3. The third-order valence-corrected chi connectivity index (χ3v) is 5.59. The van der Waals surface area contributed by atoms with Crippen molar-refractivity contribution in [3.63, 3.8) is 0 Å². The number of rotatable bonds is 7.